The lowest BCUT2D eigenvalue weighted by atomic mass is 9.97. The number of ether oxygens (including phenoxy) is 3. The van der Waals surface area contributed by atoms with Crippen LogP contribution in [0.2, 0.25) is 0 Å². The summed E-state index contributed by atoms with van der Waals surface area (Å²) >= 11 is 0. The molecule has 0 aliphatic heterocycles. The van der Waals surface area contributed by atoms with Gasteiger partial charge in [0.1, 0.15) is 29.4 Å². The number of carbonyl (C=O) groups excluding carboxylic acids is 2. The van der Waals surface area contributed by atoms with Gasteiger partial charge in [0.05, 0.1) is 12.5 Å². The summed E-state index contributed by atoms with van der Waals surface area (Å²) in [4.78, 5) is 24.9. The second-order valence-corrected chi connectivity index (χ2v) is 13.4. The average molecular weight is 607 g/mol. The molecular weight excluding hydrogens is 559 g/mol. The van der Waals surface area contributed by atoms with Gasteiger partial charge in [0, 0.05) is 28.9 Å². The highest BCUT2D eigenvalue weighted by atomic mass is 19.1. The highest BCUT2D eigenvalue weighted by molar-refractivity contribution is 5.74. The van der Waals surface area contributed by atoms with Crippen LogP contribution in [0.15, 0.2) is 60.7 Å². The summed E-state index contributed by atoms with van der Waals surface area (Å²) in [6, 6.07) is 17.7. The molecule has 0 saturated heterocycles. The number of benzene rings is 3. The SMILES string of the molecule is CC(C)CNc1cc(COc2ccccc2CC(=O)OC(C)(C)C)cc(-c2cccc([C@@H](C)NC(=O)OC(C)(C)C)c2F)c1. The molecule has 238 valence electrons. The number of nitrogens with one attached hydrogen (secondary N) is 2. The van der Waals surface area contributed by atoms with Crippen LogP contribution >= 0.6 is 0 Å². The molecule has 0 heterocycles. The number of amides is 1. The summed E-state index contributed by atoms with van der Waals surface area (Å²) in [6.07, 6.45) is -0.525. The number of anilines is 1. The van der Waals surface area contributed by atoms with Crippen molar-refractivity contribution < 1.29 is 28.2 Å². The third kappa shape index (κ3) is 10.9. The van der Waals surface area contributed by atoms with E-state index in [1.165, 1.54) is 0 Å². The van der Waals surface area contributed by atoms with E-state index in [0.29, 0.717) is 28.4 Å². The molecule has 0 aromatic heterocycles. The third-order valence-corrected chi connectivity index (χ3v) is 6.37. The number of halogens is 1. The molecule has 0 spiro atoms. The van der Waals surface area contributed by atoms with E-state index in [1.54, 1.807) is 45.9 Å². The zero-order chi connectivity index (χ0) is 32.7. The molecule has 1 atom stereocenters. The topological polar surface area (TPSA) is 85.9 Å². The minimum Gasteiger partial charge on any atom is -0.489 e. The van der Waals surface area contributed by atoms with E-state index < -0.39 is 29.2 Å². The van der Waals surface area contributed by atoms with E-state index >= 15 is 4.39 Å². The van der Waals surface area contributed by atoms with Gasteiger partial charge >= 0.3 is 12.1 Å². The summed E-state index contributed by atoms with van der Waals surface area (Å²) in [5.74, 6) is 0.224. The maximum Gasteiger partial charge on any atom is 0.408 e. The van der Waals surface area contributed by atoms with Crippen molar-refractivity contribution in [2.45, 2.75) is 92.6 Å². The van der Waals surface area contributed by atoms with Crippen molar-refractivity contribution in [3.05, 3.63) is 83.2 Å². The molecule has 0 saturated carbocycles. The molecule has 2 N–H and O–H groups in total. The molecule has 7 nitrogen and oxygen atoms in total. The van der Waals surface area contributed by atoms with E-state index in [-0.39, 0.29) is 19.0 Å². The molecule has 0 fully saturated rings. The molecule has 44 heavy (non-hydrogen) atoms. The second-order valence-electron chi connectivity index (χ2n) is 13.4. The fourth-order valence-corrected chi connectivity index (χ4v) is 4.51. The Bertz CT molecular complexity index is 1440. The first-order valence-electron chi connectivity index (χ1n) is 15.1. The van der Waals surface area contributed by atoms with Gasteiger partial charge in [-0.2, -0.15) is 0 Å². The second kappa shape index (κ2) is 14.6. The molecule has 3 rings (SSSR count). The van der Waals surface area contributed by atoms with Crippen LogP contribution < -0.4 is 15.4 Å². The first-order valence-corrected chi connectivity index (χ1v) is 15.1. The summed E-state index contributed by atoms with van der Waals surface area (Å²) in [5.41, 5.74) is 2.56. The molecule has 0 bridgehead atoms. The van der Waals surface area contributed by atoms with Crippen molar-refractivity contribution in [1.82, 2.24) is 5.32 Å². The number of carbonyl (C=O) groups is 2. The van der Waals surface area contributed by atoms with Crippen molar-refractivity contribution in [3.8, 4) is 16.9 Å². The molecule has 0 unspecified atom stereocenters. The smallest absolute Gasteiger partial charge is 0.408 e. The predicted octanol–water partition coefficient (Wildman–Crippen LogP) is 8.61. The van der Waals surface area contributed by atoms with Crippen LogP contribution in [0.25, 0.3) is 11.1 Å². The molecule has 1 amide bonds. The summed E-state index contributed by atoms with van der Waals surface area (Å²) < 4.78 is 33.1. The number of para-hydroxylation sites is 1. The van der Waals surface area contributed by atoms with Crippen LogP contribution in [0.1, 0.15) is 85.0 Å². The Hall–Kier alpha value is -4.07. The van der Waals surface area contributed by atoms with Crippen LogP contribution in [-0.2, 0) is 27.3 Å². The van der Waals surface area contributed by atoms with Crippen LogP contribution in [0.4, 0.5) is 14.9 Å². The number of esters is 1. The van der Waals surface area contributed by atoms with E-state index in [2.05, 4.69) is 24.5 Å². The van der Waals surface area contributed by atoms with Gasteiger partial charge in [-0.3, -0.25) is 4.79 Å². The Labute approximate surface area is 261 Å². The summed E-state index contributed by atoms with van der Waals surface area (Å²) in [5, 5.41) is 6.17. The van der Waals surface area contributed by atoms with Crippen molar-refractivity contribution >= 4 is 17.7 Å². The largest absolute Gasteiger partial charge is 0.489 e. The maximum absolute atomic E-state index is 16.0. The minimum absolute atomic E-state index is 0.0855. The molecule has 8 heteroatoms. The lowest BCUT2D eigenvalue weighted by Crippen LogP contribution is -2.34. The predicted molar refractivity (Wildman–Crippen MR) is 173 cm³/mol. The van der Waals surface area contributed by atoms with Crippen LogP contribution in [0.5, 0.6) is 5.75 Å². The van der Waals surface area contributed by atoms with Crippen molar-refractivity contribution in [3.63, 3.8) is 0 Å². The Morgan fingerprint density at radius 3 is 2.20 bits per heavy atom. The van der Waals surface area contributed by atoms with Crippen LogP contribution in [0, 0.1) is 11.7 Å². The first kappa shape index (κ1) is 34.4. The molecule has 0 aliphatic carbocycles. The normalized spacial score (nSPS) is 12.4. The van der Waals surface area contributed by atoms with E-state index in [1.807, 2.05) is 63.2 Å². The van der Waals surface area contributed by atoms with Gasteiger partial charge in [0.25, 0.3) is 0 Å². The van der Waals surface area contributed by atoms with Gasteiger partial charge in [0.2, 0.25) is 0 Å². The number of hydrogen-bond acceptors (Lipinski definition) is 6. The average Bonchev–Trinajstić information content (AvgIpc) is 2.89. The fraction of sp³-hybridized carbons (Fsp3) is 0.444. The molecular formula is C36H47FN2O5. The van der Waals surface area contributed by atoms with Gasteiger partial charge in [-0.25, -0.2) is 9.18 Å². The molecule has 3 aromatic rings. The standard InChI is InChI=1S/C36H47FN2O5/c1-23(2)21-38-28-18-25(22-42-31-16-11-10-13-26(31)20-32(40)43-35(4,5)6)17-27(19-28)30-15-12-14-29(33(30)37)24(3)39-34(41)44-36(7,8)9/h10-19,23-24,38H,20-22H2,1-9H3,(H,39,41)/t24-/m1/s1. The molecule has 0 radical (unpaired) electrons. The highest BCUT2D eigenvalue weighted by Crippen LogP contribution is 2.32. The minimum atomic E-state index is -0.664. The van der Waals surface area contributed by atoms with Gasteiger partial charge in [-0.05, 0) is 89.8 Å². The number of alkyl carbamates (subject to hydrolysis) is 1. The first-order chi connectivity index (χ1) is 20.5. The van der Waals surface area contributed by atoms with E-state index in [0.717, 1.165) is 23.4 Å². The van der Waals surface area contributed by atoms with Gasteiger partial charge < -0.3 is 24.8 Å². The zero-order valence-electron chi connectivity index (χ0n) is 27.5. The Balaban J connectivity index is 1.90. The number of hydrogen-bond donors (Lipinski definition) is 2. The zero-order valence-corrected chi connectivity index (χ0v) is 27.5. The van der Waals surface area contributed by atoms with Crippen LogP contribution in [-0.4, -0.2) is 29.8 Å². The van der Waals surface area contributed by atoms with Gasteiger partial charge in [0.15, 0.2) is 0 Å². The maximum atomic E-state index is 16.0. The monoisotopic (exact) mass is 606 g/mol. The number of rotatable bonds is 11. The Morgan fingerprint density at radius 1 is 0.864 bits per heavy atom. The quantitative estimate of drug-likeness (QED) is 0.213. The molecule has 0 aliphatic rings. The highest BCUT2D eigenvalue weighted by Gasteiger charge is 2.22. The molecule has 3 aromatic carbocycles. The van der Waals surface area contributed by atoms with Crippen molar-refractivity contribution in [2.24, 2.45) is 5.92 Å². The fourth-order valence-electron chi connectivity index (χ4n) is 4.51. The van der Waals surface area contributed by atoms with E-state index in [4.69, 9.17) is 14.2 Å². The summed E-state index contributed by atoms with van der Waals surface area (Å²) in [6.45, 7) is 17.7. The Kier molecular flexibility index (Phi) is 11.4. The van der Waals surface area contributed by atoms with Crippen molar-refractivity contribution in [2.75, 3.05) is 11.9 Å². The van der Waals surface area contributed by atoms with E-state index in [9.17, 15) is 9.59 Å². The summed E-state index contributed by atoms with van der Waals surface area (Å²) in [7, 11) is 0. The lowest BCUT2D eigenvalue weighted by molar-refractivity contribution is -0.153. The lowest BCUT2D eigenvalue weighted by Gasteiger charge is -2.22. The third-order valence-electron chi connectivity index (χ3n) is 6.37. The van der Waals surface area contributed by atoms with Crippen molar-refractivity contribution in [1.29, 1.82) is 0 Å². The Morgan fingerprint density at radius 2 is 1.55 bits per heavy atom. The van der Waals surface area contributed by atoms with Gasteiger partial charge in [-0.1, -0.05) is 50.2 Å². The van der Waals surface area contributed by atoms with Gasteiger partial charge in [-0.15, -0.1) is 0 Å². The van der Waals surface area contributed by atoms with Crippen LogP contribution in [0.3, 0.4) is 0 Å².